The van der Waals surface area contributed by atoms with Crippen LogP contribution < -0.4 is 0 Å². The van der Waals surface area contributed by atoms with Crippen molar-refractivity contribution in [2.45, 2.75) is 32.1 Å². The van der Waals surface area contributed by atoms with E-state index >= 15 is 0 Å². The molecule has 3 nitrogen and oxygen atoms in total. The Hall–Kier alpha value is -7.23. The highest BCUT2D eigenvalue weighted by Gasteiger charge is 2.36. The first-order valence-electron chi connectivity index (χ1n) is 20.6. The minimum absolute atomic E-state index is 0.139. The average Bonchev–Trinajstić information content (AvgIpc) is 3.53. The lowest BCUT2D eigenvalue weighted by atomic mass is 9.82. The zero-order valence-corrected chi connectivity index (χ0v) is 33.2. The lowest BCUT2D eigenvalue weighted by Gasteiger charge is -2.22. The van der Waals surface area contributed by atoms with Gasteiger partial charge in [0.25, 0.3) is 0 Å². The SMILES string of the molecule is CC1(C)c2ccccc2-c2cc3c(-c4cc(-c5nc(-c6ccccc6)cc(-c6ccccc6)n5)cc5ccccc45)cc(C4=CC=C(c5ccccc5)CC4)nc3cc21. The number of pyridine rings is 1. The molecule has 2 aliphatic carbocycles. The number of hydrogen-bond acceptors (Lipinski definition) is 3. The molecule has 0 saturated heterocycles. The number of fused-ring (bicyclic) bond motifs is 5. The van der Waals surface area contributed by atoms with Crippen molar-refractivity contribution in [1.82, 2.24) is 15.0 Å². The van der Waals surface area contributed by atoms with Crippen LogP contribution in [0.2, 0.25) is 0 Å². The molecular weight excluding hydrogens is 715 g/mol. The van der Waals surface area contributed by atoms with Gasteiger partial charge in [0.15, 0.2) is 5.82 Å². The van der Waals surface area contributed by atoms with E-state index in [-0.39, 0.29) is 5.41 Å². The van der Waals surface area contributed by atoms with Crippen LogP contribution in [0, 0.1) is 0 Å². The number of nitrogens with zero attached hydrogens (tertiary/aromatic N) is 3. The van der Waals surface area contributed by atoms with Gasteiger partial charge in [0.05, 0.1) is 22.6 Å². The summed E-state index contributed by atoms with van der Waals surface area (Å²) < 4.78 is 0. The van der Waals surface area contributed by atoms with Gasteiger partial charge in [-0.1, -0.05) is 166 Å². The van der Waals surface area contributed by atoms with Crippen molar-refractivity contribution in [3.63, 3.8) is 0 Å². The van der Waals surface area contributed by atoms with Gasteiger partial charge in [-0.2, -0.15) is 0 Å². The van der Waals surface area contributed by atoms with Crippen LogP contribution in [0.5, 0.6) is 0 Å². The van der Waals surface area contributed by atoms with Gasteiger partial charge in [-0.3, -0.25) is 0 Å². The molecule has 2 aromatic heterocycles. The normalized spacial score (nSPS) is 14.1. The molecule has 0 saturated carbocycles. The van der Waals surface area contributed by atoms with Crippen LogP contribution in [-0.2, 0) is 5.41 Å². The molecule has 0 aliphatic heterocycles. The van der Waals surface area contributed by atoms with E-state index in [9.17, 15) is 0 Å². The molecule has 3 heteroatoms. The molecule has 0 radical (unpaired) electrons. The molecule has 0 spiro atoms. The first kappa shape index (κ1) is 35.0. The van der Waals surface area contributed by atoms with E-state index in [2.05, 4.69) is 190 Å². The van der Waals surface area contributed by atoms with Gasteiger partial charge in [-0.05, 0) is 110 Å². The third-order valence-electron chi connectivity index (χ3n) is 12.4. The maximum absolute atomic E-state index is 5.52. The number of hydrogen-bond donors (Lipinski definition) is 0. The molecular formula is C56H41N3. The Labute approximate surface area is 345 Å². The molecule has 9 aromatic rings. The first-order chi connectivity index (χ1) is 29.0. The zero-order valence-electron chi connectivity index (χ0n) is 33.2. The Morgan fingerprint density at radius 2 is 0.983 bits per heavy atom. The predicted octanol–water partition coefficient (Wildman–Crippen LogP) is 14.4. The predicted molar refractivity (Wildman–Crippen MR) is 246 cm³/mol. The van der Waals surface area contributed by atoms with Crippen LogP contribution >= 0.6 is 0 Å². The molecule has 0 amide bonds. The summed E-state index contributed by atoms with van der Waals surface area (Å²) in [6.07, 6.45) is 6.47. The lowest BCUT2D eigenvalue weighted by Crippen LogP contribution is -2.15. The van der Waals surface area contributed by atoms with Crippen molar-refractivity contribution in [3.8, 4) is 56.2 Å². The Morgan fingerprint density at radius 3 is 1.68 bits per heavy atom. The molecule has 2 heterocycles. The summed E-state index contributed by atoms with van der Waals surface area (Å²) in [6, 6.07) is 63.0. The smallest absolute Gasteiger partial charge is 0.160 e. The molecule has 280 valence electrons. The number of benzene rings is 7. The minimum Gasteiger partial charge on any atom is -0.248 e. The van der Waals surface area contributed by atoms with E-state index in [1.165, 1.54) is 44.3 Å². The van der Waals surface area contributed by atoms with Crippen LogP contribution in [0.3, 0.4) is 0 Å². The zero-order chi connectivity index (χ0) is 39.5. The molecule has 2 aliphatic rings. The highest BCUT2D eigenvalue weighted by Crippen LogP contribution is 2.51. The third kappa shape index (κ3) is 6.09. The Balaban J connectivity index is 1.16. The number of rotatable bonds is 6. The molecule has 0 unspecified atom stereocenters. The maximum atomic E-state index is 5.52. The van der Waals surface area contributed by atoms with Crippen LogP contribution in [0.15, 0.2) is 188 Å². The van der Waals surface area contributed by atoms with E-state index in [0.717, 1.165) is 74.0 Å². The van der Waals surface area contributed by atoms with E-state index < -0.39 is 0 Å². The highest BCUT2D eigenvalue weighted by molar-refractivity contribution is 6.08. The second kappa shape index (κ2) is 14.0. The Bertz CT molecular complexity index is 3100. The van der Waals surface area contributed by atoms with E-state index in [4.69, 9.17) is 15.0 Å². The van der Waals surface area contributed by atoms with E-state index in [1.54, 1.807) is 0 Å². The summed E-state index contributed by atoms with van der Waals surface area (Å²) in [5.41, 5.74) is 18.2. The van der Waals surface area contributed by atoms with Gasteiger partial charge >= 0.3 is 0 Å². The van der Waals surface area contributed by atoms with Crippen molar-refractivity contribution in [3.05, 3.63) is 210 Å². The summed E-state index contributed by atoms with van der Waals surface area (Å²) in [7, 11) is 0. The van der Waals surface area contributed by atoms with Crippen molar-refractivity contribution < 1.29 is 0 Å². The third-order valence-corrected chi connectivity index (χ3v) is 12.4. The quantitative estimate of drug-likeness (QED) is 0.170. The van der Waals surface area contributed by atoms with Crippen LogP contribution in [0.25, 0.3) is 89.0 Å². The van der Waals surface area contributed by atoms with Gasteiger partial charge < -0.3 is 0 Å². The fourth-order valence-electron chi connectivity index (χ4n) is 9.30. The fraction of sp³-hybridized carbons (Fsp3) is 0.0893. The lowest BCUT2D eigenvalue weighted by molar-refractivity contribution is 0.661. The van der Waals surface area contributed by atoms with Crippen molar-refractivity contribution in [2.24, 2.45) is 0 Å². The summed E-state index contributed by atoms with van der Waals surface area (Å²) in [6.45, 7) is 4.69. The molecule has 59 heavy (non-hydrogen) atoms. The Kier molecular flexibility index (Phi) is 8.30. The summed E-state index contributed by atoms with van der Waals surface area (Å²) >= 11 is 0. The number of aromatic nitrogens is 3. The molecule has 0 atom stereocenters. The standard InChI is InChI=1S/C56H41N3/c1-56(2)49-25-15-14-24-44(49)47-32-48-46(33-51(57-54(48)34-50(47)56)40-28-26-37(27-29-40)36-16-6-3-7-17-36)45-31-42(30-41-22-12-13-23-43(41)45)55-58-52(38-18-8-4-9-19-38)35-53(59-55)39-20-10-5-11-21-39/h3-26,28,30-35H,27,29H2,1-2H3. The van der Waals surface area contributed by atoms with Crippen molar-refractivity contribution in [2.75, 3.05) is 0 Å². The number of allylic oxidation sites excluding steroid dienone is 4. The van der Waals surface area contributed by atoms with Crippen LogP contribution in [0.4, 0.5) is 0 Å². The molecule has 11 rings (SSSR count). The second-order valence-electron chi connectivity index (χ2n) is 16.3. The van der Waals surface area contributed by atoms with Gasteiger partial charge in [0.2, 0.25) is 0 Å². The van der Waals surface area contributed by atoms with Gasteiger partial charge in [0, 0.05) is 27.5 Å². The van der Waals surface area contributed by atoms with Crippen LogP contribution in [-0.4, -0.2) is 15.0 Å². The fourth-order valence-corrected chi connectivity index (χ4v) is 9.30. The van der Waals surface area contributed by atoms with Crippen molar-refractivity contribution >= 4 is 32.8 Å². The second-order valence-corrected chi connectivity index (χ2v) is 16.3. The highest BCUT2D eigenvalue weighted by atomic mass is 14.9. The monoisotopic (exact) mass is 755 g/mol. The van der Waals surface area contributed by atoms with Crippen LogP contribution in [0.1, 0.15) is 49.1 Å². The average molecular weight is 756 g/mol. The first-order valence-corrected chi connectivity index (χ1v) is 20.6. The molecule has 0 fully saturated rings. The Morgan fingerprint density at radius 1 is 0.390 bits per heavy atom. The van der Waals surface area contributed by atoms with E-state index in [0.29, 0.717) is 5.82 Å². The summed E-state index contributed by atoms with van der Waals surface area (Å²) in [5.74, 6) is 0.695. The van der Waals surface area contributed by atoms with E-state index in [1.807, 2.05) is 12.1 Å². The summed E-state index contributed by atoms with van der Waals surface area (Å²) in [5, 5.41) is 3.46. The van der Waals surface area contributed by atoms with Gasteiger partial charge in [0.1, 0.15) is 0 Å². The topological polar surface area (TPSA) is 38.7 Å². The maximum Gasteiger partial charge on any atom is 0.160 e. The van der Waals surface area contributed by atoms with Crippen molar-refractivity contribution in [1.29, 1.82) is 0 Å². The van der Waals surface area contributed by atoms with Gasteiger partial charge in [-0.15, -0.1) is 0 Å². The van der Waals surface area contributed by atoms with Gasteiger partial charge in [-0.25, -0.2) is 15.0 Å². The molecule has 0 bridgehead atoms. The largest absolute Gasteiger partial charge is 0.248 e. The minimum atomic E-state index is -0.139. The summed E-state index contributed by atoms with van der Waals surface area (Å²) in [4.78, 5) is 16.1. The molecule has 7 aromatic carbocycles. The molecule has 0 N–H and O–H groups in total.